The van der Waals surface area contributed by atoms with Crippen molar-refractivity contribution in [1.29, 1.82) is 0 Å². The second kappa shape index (κ2) is 10.7. The van der Waals surface area contributed by atoms with Crippen LogP contribution < -0.4 is 15.4 Å². The van der Waals surface area contributed by atoms with Crippen LogP contribution in [0.25, 0.3) is 0 Å². The monoisotopic (exact) mass is 461 g/mol. The maximum absolute atomic E-state index is 12.7. The van der Waals surface area contributed by atoms with Crippen LogP contribution in [-0.2, 0) is 10.0 Å². The zero-order chi connectivity index (χ0) is 22.3. The Labute approximate surface area is 188 Å². The molecule has 0 unspecified atom stereocenters. The molecule has 1 amide bonds. The van der Waals surface area contributed by atoms with Crippen molar-refractivity contribution in [2.24, 2.45) is 0 Å². The third kappa shape index (κ3) is 6.25. The van der Waals surface area contributed by atoms with Gasteiger partial charge in [-0.25, -0.2) is 8.42 Å². The summed E-state index contributed by atoms with van der Waals surface area (Å²) < 4.78 is 32.5. The molecular formula is C22H27N3O4S2. The number of rotatable bonds is 7. The molecule has 166 valence electrons. The first-order valence-electron chi connectivity index (χ1n) is 10.4. The molecule has 1 aliphatic heterocycles. The number of hydrogen-bond donors (Lipinski definition) is 2. The van der Waals surface area contributed by atoms with Crippen LogP contribution >= 0.6 is 12.2 Å². The first kappa shape index (κ1) is 23.2. The van der Waals surface area contributed by atoms with E-state index in [0.717, 1.165) is 25.7 Å². The Kier molecular flexibility index (Phi) is 8.00. The second-order valence-corrected chi connectivity index (χ2v) is 9.62. The predicted octanol–water partition coefficient (Wildman–Crippen LogP) is 3.78. The molecule has 9 heteroatoms. The summed E-state index contributed by atoms with van der Waals surface area (Å²) in [6, 6.07) is 13.2. The number of ether oxygens (including phenoxy) is 1. The van der Waals surface area contributed by atoms with Crippen LogP contribution in [0.4, 0.5) is 5.69 Å². The number of nitrogens with zero attached hydrogens (tertiary/aromatic N) is 1. The molecule has 1 saturated heterocycles. The Bertz CT molecular complexity index is 1020. The molecular weight excluding hydrogens is 434 g/mol. The number of piperidine rings is 1. The maximum Gasteiger partial charge on any atom is 0.257 e. The van der Waals surface area contributed by atoms with Gasteiger partial charge in [0.25, 0.3) is 5.91 Å². The molecule has 2 aromatic rings. The molecule has 0 saturated carbocycles. The topological polar surface area (TPSA) is 87.7 Å². The minimum absolute atomic E-state index is 0.122. The largest absolute Gasteiger partial charge is 0.494 e. The van der Waals surface area contributed by atoms with Gasteiger partial charge in [0, 0.05) is 24.3 Å². The fourth-order valence-electron chi connectivity index (χ4n) is 3.25. The third-order valence-corrected chi connectivity index (χ3v) is 6.98. The summed E-state index contributed by atoms with van der Waals surface area (Å²) in [6.45, 7) is 3.71. The van der Waals surface area contributed by atoms with Crippen LogP contribution in [0.3, 0.4) is 0 Å². The van der Waals surface area contributed by atoms with E-state index < -0.39 is 10.0 Å². The summed E-state index contributed by atoms with van der Waals surface area (Å²) in [7, 11) is -3.48. The van der Waals surface area contributed by atoms with E-state index >= 15 is 0 Å². The molecule has 31 heavy (non-hydrogen) atoms. The zero-order valence-electron chi connectivity index (χ0n) is 17.5. The molecule has 0 radical (unpaired) electrons. The fourth-order valence-corrected chi connectivity index (χ4v) is 4.98. The smallest absolute Gasteiger partial charge is 0.257 e. The number of benzene rings is 2. The van der Waals surface area contributed by atoms with E-state index in [-0.39, 0.29) is 15.9 Å². The number of sulfonamides is 1. The molecule has 0 aromatic heterocycles. The lowest BCUT2D eigenvalue weighted by Gasteiger charge is -2.25. The molecule has 7 nitrogen and oxygen atoms in total. The number of nitrogens with one attached hydrogen (secondary N) is 2. The van der Waals surface area contributed by atoms with Gasteiger partial charge in [-0.2, -0.15) is 4.31 Å². The minimum atomic E-state index is -3.48. The molecule has 1 heterocycles. The van der Waals surface area contributed by atoms with Gasteiger partial charge >= 0.3 is 0 Å². The minimum Gasteiger partial charge on any atom is -0.494 e. The highest BCUT2D eigenvalue weighted by atomic mass is 32.2. The lowest BCUT2D eigenvalue weighted by molar-refractivity contribution is 0.0977. The molecule has 3 rings (SSSR count). The van der Waals surface area contributed by atoms with Crippen LogP contribution in [-0.4, -0.2) is 43.4 Å². The van der Waals surface area contributed by atoms with Crippen LogP contribution in [0.2, 0.25) is 0 Å². The molecule has 0 aliphatic carbocycles. The van der Waals surface area contributed by atoms with E-state index in [4.69, 9.17) is 17.0 Å². The van der Waals surface area contributed by atoms with Crippen LogP contribution in [0, 0.1) is 0 Å². The van der Waals surface area contributed by atoms with E-state index in [0.29, 0.717) is 36.7 Å². The van der Waals surface area contributed by atoms with Gasteiger partial charge in [0.05, 0.1) is 11.5 Å². The van der Waals surface area contributed by atoms with E-state index in [2.05, 4.69) is 10.6 Å². The molecule has 0 bridgehead atoms. The molecule has 2 N–H and O–H groups in total. The van der Waals surface area contributed by atoms with Crippen molar-refractivity contribution in [3.05, 3.63) is 54.1 Å². The normalized spacial score (nSPS) is 14.6. The van der Waals surface area contributed by atoms with Crippen molar-refractivity contribution in [2.45, 2.75) is 37.5 Å². The molecule has 1 fully saturated rings. The van der Waals surface area contributed by atoms with E-state index in [1.807, 2.05) is 6.92 Å². The molecule has 0 atom stereocenters. The Morgan fingerprint density at radius 1 is 1.10 bits per heavy atom. The standard InChI is InChI=1S/C22H27N3O4S2/c1-2-15-29-19-8-6-7-17(16-19)21(26)24-22(30)23-18-9-11-20(12-10-18)31(27,28)25-13-4-3-5-14-25/h6-12,16H,2-5,13-15H2,1H3,(H2,23,24,26,30). The molecule has 1 aliphatic rings. The van der Waals surface area contributed by atoms with E-state index in [1.165, 1.54) is 4.31 Å². The van der Waals surface area contributed by atoms with Gasteiger partial charge in [-0.05, 0) is 73.9 Å². The number of amides is 1. The summed E-state index contributed by atoms with van der Waals surface area (Å²) in [6.07, 6.45) is 3.72. The van der Waals surface area contributed by atoms with Crippen molar-refractivity contribution in [3.8, 4) is 5.75 Å². The van der Waals surface area contributed by atoms with Crippen molar-refractivity contribution in [2.75, 3.05) is 25.0 Å². The number of carbonyl (C=O) groups excluding carboxylic acids is 1. The van der Waals surface area contributed by atoms with Gasteiger partial charge in [-0.15, -0.1) is 0 Å². The summed E-state index contributed by atoms with van der Waals surface area (Å²) in [4.78, 5) is 12.7. The van der Waals surface area contributed by atoms with Crippen LogP contribution in [0.1, 0.15) is 43.0 Å². The molecule has 0 spiro atoms. The fraction of sp³-hybridized carbons (Fsp3) is 0.364. The van der Waals surface area contributed by atoms with Gasteiger partial charge in [0.1, 0.15) is 5.75 Å². The third-order valence-electron chi connectivity index (χ3n) is 4.86. The summed E-state index contributed by atoms with van der Waals surface area (Å²) >= 11 is 5.22. The van der Waals surface area contributed by atoms with Crippen molar-refractivity contribution in [1.82, 2.24) is 9.62 Å². The highest BCUT2D eigenvalue weighted by molar-refractivity contribution is 7.89. The summed E-state index contributed by atoms with van der Waals surface area (Å²) in [5, 5.41) is 5.66. The number of hydrogen-bond acceptors (Lipinski definition) is 5. The van der Waals surface area contributed by atoms with Gasteiger partial charge in [0.2, 0.25) is 10.0 Å². The first-order valence-corrected chi connectivity index (χ1v) is 12.2. The van der Waals surface area contributed by atoms with Crippen LogP contribution in [0.5, 0.6) is 5.75 Å². The quantitative estimate of drug-likeness (QED) is 0.610. The van der Waals surface area contributed by atoms with Crippen LogP contribution in [0.15, 0.2) is 53.4 Å². The van der Waals surface area contributed by atoms with Gasteiger partial charge in [0.15, 0.2) is 5.11 Å². The van der Waals surface area contributed by atoms with Crippen molar-refractivity contribution in [3.63, 3.8) is 0 Å². The highest BCUT2D eigenvalue weighted by Crippen LogP contribution is 2.22. The van der Waals surface area contributed by atoms with Gasteiger partial charge in [-0.1, -0.05) is 19.4 Å². The predicted molar refractivity (Wildman–Crippen MR) is 125 cm³/mol. The number of anilines is 1. The van der Waals surface area contributed by atoms with Gasteiger partial charge < -0.3 is 10.1 Å². The Balaban J connectivity index is 1.59. The Morgan fingerprint density at radius 3 is 2.48 bits per heavy atom. The zero-order valence-corrected chi connectivity index (χ0v) is 19.1. The average molecular weight is 462 g/mol. The summed E-state index contributed by atoms with van der Waals surface area (Å²) in [5.74, 6) is 0.266. The second-order valence-electron chi connectivity index (χ2n) is 7.27. The highest BCUT2D eigenvalue weighted by Gasteiger charge is 2.25. The van der Waals surface area contributed by atoms with Crippen molar-refractivity contribution >= 4 is 38.9 Å². The molecule has 2 aromatic carbocycles. The maximum atomic E-state index is 12.7. The van der Waals surface area contributed by atoms with E-state index in [9.17, 15) is 13.2 Å². The summed E-state index contributed by atoms with van der Waals surface area (Å²) in [5.41, 5.74) is 1.02. The van der Waals surface area contributed by atoms with Crippen molar-refractivity contribution < 1.29 is 17.9 Å². The average Bonchev–Trinajstić information content (AvgIpc) is 2.78. The SMILES string of the molecule is CCCOc1cccc(C(=O)NC(=S)Nc2ccc(S(=O)(=O)N3CCCCC3)cc2)c1. The first-order chi connectivity index (χ1) is 14.9. The van der Waals surface area contributed by atoms with E-state index in [1.54, 1.807) is 48.5 Å². The lowest BCUT2D eigenvalue weighted by atomic mass is 10.2. The Morgan fingerprint density at radius 2 is 1.81 bits per heavy atom. The van der Waals surface area contributed by atoms with Gasteiger partial charge in [-0.3, -0.25) is 10.1 Å². The number of thiocarbonyl (C=S) groups is 1. The number of carbonyl (C=O) groups is 1. The lowest BCUT2D eigenvalue weighted by Crippen LogP contribution is -2.35. The Hall–Kier alpha value is -2.49.